The largest absolute Gasteiger partial charge is 0.523 e. The number of oxazole rings is 1. The molecule has 13 heteroatoms. The van der Waals surface area contributed by atoms with Crippen molar-refractivity contribution in [1.82, 2.24) is 4.98 Å². The number of sulfone groups is 1. The van der Waals surface area contributed by atoms with Crippen LogP contribution in [-0.4, -0.2) is 38.7 Å². The molecule has 1 fully saturated rings. The van der Waals surface area contributed by atoms with Crippen molar-refractivity contribution in [2.24, 2.45) is 0 Å². The summed E-state index contributed by atoms with van der Waals surface area (Å²) >= 11 is 6.10. The molecular weight excluding hydrogens is 459 g/mol. The molecule has 0 bridgehead atoms. The van der Waals surface area contributed by atoms with Crippen LogP contribution in [0.5, 0.6) is 0 Å². The second-order valence-electron chi connectivity index (χ2n) is 7.75. The number of hydrogen-bond donors (Lipinski definition) is 0. The van der Waals surface area contributed by atoms with Gasteiger partial charge in [0.1, 0.15) is 10.4 Å². The molecule has 1 aromatic heterocycles. The van der Waals surface area contributed by atoms with Gasteiger partial charge in [-0.2, -0.15) is 21.6 Å². The van der Waals surface area contributed by atoms with Crippen molar-refractivity contribution in [2.45, 2.75) is 60.8 Å². The van der Waals surface area contributed by atoms with Gasteiger partial charge < -0.3 is 4.42 Å². The van der Waals surface area contributed by atoms with Crippen molar-refractivity contribution < 1.29 is 38.6 Å². The first kappa shape index (κ1) is 22.3. The van der Waals surface area contributed by atoms with E-state index < -0.39 is 55.1 Å². The molecule has 0 saturated heterocycles. The average Bonchev–Trinajstić information content (AvgIpc) is 2.92. The van der Waals surface area contributed by atoms with Crippen LogP contribution in [0, 0.1) is 0 Å². The summed E-state index contributed by atoms with van der Waals surface area (Å²) in [6.45, 7) is 5.47. The lowest BCUT2D eigenvalue weighted by Crippen LogP contribution is -2.44. The average molecular weight is 476 g/mol. The quantitative estimate of drug-likeness (QED) is 0.487. The van der Waals surface area contributed by atoms with Crippen LogP contribution in [0.2, 0.25) is 5.02 Å². The predicted octanol–water partition coefficient (Wildman–Crippen LogP) is 3.95. The van der Waals surface area contributed by atoms with Gasteiger partial charge in [0.2, 0.25) is 5.89 Å². The van der Waals surface area contributed by atoms with Crippen molar-refractivity contribution in [3.8, 4) is 0 Å². The highest BCUT2D eigenvalue weighted by molar-refractivity contribution is 7.92. The van der Waals surface area contributed by atoms with E-state index in [1.54, 1.807) is 0 Å². The smallest absolute Gasteiger partial charge is 0.439 e. The number of hydrogen-bond acceptors (Lipinski definition) is 7. The van der Waals surface area contributed by atoms with Crippen molar-refractivity contribution in [1.29, 1.82) is 0 Å². The maximum absolute atomic E-state index is 13.0. The van der Waals surface area contributed by atoms with Crippen LogP contribution >= 0.6 is 11.6 Å². The van der Waals surface area contributed by atoms with E-state index in [0.717, 1.165) is 0 Å². The first-order valence-electron chi connectivity index (χ1n) is 8.37. The van der Waals surface area contributed by atoms with E-state index in [9.17, 15) is 30.0 Å². The second kappa shape index (κ2) is 6.82. The van der Waals surface area contributed by atoms with Crippen molar-refractivity contribution in [3.63, 3.8) is 0 Å². The summed E-state index contributed by atoms with van der Waals surface area (Å²) in [5.41, 5.74) is -5.86. The van der Waals surface area contributed by atoms with E-state index in [4.69, 9.17) is 16.0 Å². The van der Waals surface area contributed by atoms with Crippen molar-refractivity contribution in [3.05, 3.63) is 23.0 Å². The van der Waals surface area contributed by atoms with E-state index >= 15 is 0 Å². The van der Waals surface area contributed by atoms with E-state index in [0.29, 0.717) is 0 Å². The molecule has 0 aliphatic heterocycles. The van der Waals surface area contributed by atoms with Gasteiger partial charge in [-0.1, -0.05) is 32.4 Å². The second-order valence-corrected chi connectivity index (χ2v) is 11.9. The van der Waals surface area contributed by atoms with Crippen LogP contribution in [0.1, 0.15) is 39.5 Å². The van der Waals surface area contributed by atoms with E-state index in [1.165, 1.54) is 12.1 Å². The van der Waals surface area contributed by atoms with Crippen LogP contribution in [0.4, 0.5) is 13.2 Å². The SMILES string of the molecule is CC(C)(C)c1nc2ccc(Cl)c(S(=O)(=O)[C@H]3C[C@@H](OS(=O)(=O)C(F)(F)F)C3)c2o1. The summed E-state index contributed by atoms with van der Waals surface area (Å²) in [4.78, 5) is 3.96. The van der Waals surface area contributed by atoms with Gasteiger partial charge in [-0.25, -0.2) is 13.4 Å². The molecule has 0 spiro atoms. The fourth-order valence-corrected chi connectivity index (χ4v) is 5.89. The summed E-state index contributed by atoms with van der Waals surface area (Å²) in [6.07, 6.45) is -2.24. The van der Waals surface area contributed by atoms with Crippen LogP contribution in [0.25, 0.3) is 11.1 Å². The summed E-state index contributed by atoms with van der Waals surface area (Å²) in [5, 5.41) is -1.29. The third-order valence-corrected chi connectivity index (χ3v) is 8.18. The third kappa shape index (κ3) is 3.99. The number of nitrogens with zero attached hydrogens (tertiary/aromatic N) is 1. The van der Waals surface area contributed by atoms with Gasteiger partial charge in [0, 0.05) is 5.41 Å². The van der Waals surface area contributed by atoms with Gasteiger partial charge in [-0.05, 0) is 25.0 Å². The van der Waals surface area contributed by atoms with Crippen molar-refractivity contribution >= 4 is 42.7 Å². The predicted molar refractivity (Wildman–Crippen MR) is 97.8 cm³/mol. The Morgan fingerprint density at radius 3 is 2.24 bits per heavy atom. The van der Waals surface area contributed by atoms with Crippen LogP contribution < -0.4 is 0 Å². The zero-order valence-electron chi connectivity index (χ0n) is 15.4. The van der Waals surface area contributed by atoms with E-state index in [-0.39, 0.29) is 26.9 Å². The highest BCUT2D eigenvalue weighted by Crippen LogP contribution is 2.41. The molecule has 29 heavy (non-hydrogen) atoms. The lowest BCUT2D eigenvalue weighted by Gasteiger charge is -2.34. The molecule has 0 unspecified atom stereocenters. The van der Waals surface area contributed by atoms with Gasteiger partial charge >= 0.3 is 15.6 Å². The standard InChI is InChI=1S/C16H17ClF3NO6S2/c1-15(2,3)14-21-11-5-4-10(17)13(12(11)26-14)28(22,23)9-6-8(7-9)27-29(24,25)16(18,19)20/h4-5,8-9H,6-7H2,1-3H3/t8-,9+. The minimum Gasteiger partial charge on any atom is -0.439 e. The zero-order chi connectivity index (χ0) is 22.0. The topological polar surface area (TPSA) is 104 Å². The van der Waals surface area contributed by atoms with Crippen molar-refractivity contribution in [2.75, 3.05) is 0 Å². The third-order valence-electron chi connectivity index (χ3n) is 4.43. The molecule has 1 heterocycles. The molecule has 1 saturated carbocycles. The Hall–Kier alpha value is -1.37. The van der Waals surface area contributed by atoms with E-state index in [1.807, 2.05) is 20.8 Å². The number of rotatable bonds is 4. The van der Waals surface area contributed by atoms with E-state index in [2.05, 4.69) is 9.17 Å². The Balaban J connectivity index is 1.91. The number of aromatic nitrogens is 1. The van der Waals surface area contributed by atoms with Gasteiger partial charge in [0.05, 0.1) is 16.4 Å². The molecule has 162 valence electrons. The van der Waals surface area contributed by atoms with Crippen LogP contribution in [-0.2, 0) is 29.6 Å². The number of fused-ring (bicyclic) bond motifs is 1. The fraction of sp³-hybridized carbons (Fsp3) is 0.562. The Morgan fingerprint density at radius 1 is 1.14 bits per heavy atom. The first-order valence-corrected chi connectivity index (χ1v) is 11.7. The Kier molecular flexibility index (Phi) is 5.25. The number of benzene rings is 1. The minimum absolute atomic E-state index is 0.0466. The van der Waals surface area contributed by atoms with Crippen LogP contribution in [0.3, 0.4) is 0 Å². The highest BCUT2D eigenvalue weighted by Gasteiger charge is 2.52. The first-order chi connectivity index (χ1) is 13.0. The number of alkyl halides is 3. The summed E-state index contributed by atoms with van der Waals surface area (Å²) in [5.74, 6) is 0.289. The molecule has 7 nitrogen and oxygen atoms in total. The number of halogens is 4. The zero-order valence-corrected chi connectivity index (χ0v) is 17.8. The monoisotopic (exact) mass is 475 g/mol. The molecule has 0 radical (unpaired) electrons. The lowest BCUT2D eigenvalue weighted by molar-refractivity contribution is -0.0601. The molecule has 1 aliphatic rings. The Bertz CT molecular complexity index is 1160. The fourth-order valence-electron chi connectivity index (χ4n) is 2.78. The molecular formula is C16H17ClF3NO6S2. The molecule has 1 aromatic carbocycles. The maximum Gasteiger partial charge on any atom is 0.523 e. The normalized spacial score (nSPS) is 21.3. The Labute approximate surface area is 170 Å². The molecule has 2 aromatic rings. The summed E-state index contributed by atoms with van der Waals surface area (Å²) in [7, 11) is -9.93. The van der Waals surface area contributed by atoms with Gasteiger partial charge in [-0.3, -0.25) is 4.18 Å². The Morgan fingerprint density at radius 2 is 1.72 bits per heavy atom. The lowest BCUT2D eigenvalue weighted by atomic mass is 9.96. The maximum atomic E-state index is 13.0. The molecule has 0 amide bonds. The minimum atomic E-state index is -5.80. The summed E-state index contributed by atoms with van der Waals surface area (Å²) in [6, 6.07) is 2.84. The molecule has 0 N–H and O–H groups in total. The molecule has 3 rings (SSSR count). The molecule has 0 atom stereocenters. The molecule has 1 aliphatic carbocycles. The summed E-state index contributed by atoms with van der Waals surface area (Å²) < 4.78 is 95.1. The van der Waals surface area contributed by atoms with Gasteiger partial charge in [0.25, 0.3) is 0 Å². The van der Waals surface area contributed by atoms with Crippen LogP contribution in [0.15, 0.2) is 21.4 Å². The van der Waals surface area contributed by atoms with Gasteiger partial charge in [0.15, 0.2) is 15.4 Å². The van der Waals surface area contributed by atoms with Gasteiger partial charge in [-0.15, -0.1) is 0 Å². The highest BCUT2D eigenvalue weighted by atomic mass is 35.5.